The van der Waals surface area contributed by atoms with Crippen molar-refractivity contribution in [1.82, 2.24) is 0 Å². The van der Waals surface area contributed by atoms with Crippen molar-refractivity contribution >= 4 is 35.5 Å². The van der Waals surface area contributed by atoms with Gasteiger partial charge in [0.15, 0.2) is 0 Å². The molecule has 9 heteroatoms. The first kappa shape index (κ1) is 22.3. The number of hydrogen-bond donors (Lipinski definition) is 2. The monoisotopic (exact) mass is 331 g/mol. The molecule has 0 aliphatic heterocycles. The summed E-state index contributed by atoms with van der Waals surface area (Å²) in [5.74, 6) is -1.52. The van der Waals surface area contributed by atoms with Gasteiger partial charge in [0.05, 0.1) is 24.0 Å². The third-order valence-corrected chi connectivity index (χ3v) is 2.68. The van der Waals surface area contributed by atoms with Crippen LogP contribution in [-0.4, -0.2) is 48.0 Å². The van der Waals surface area contributed by atoms with Crippen molar-refractivity contribution in [1.29, 1.82) is 0 Å². The molecule has 0 bridgehead atoms. The SMILES string of the molecule is CSC[C@H](N)C(=O)[O-].CSC[C@H](N)C(=O)[O-].[Cu+2]. The number of hydrogen-bond acceptors (Lipinski definition) is 8. The average molecular weight is 332 g/mol. The Bertz CT molecular complexity index is 200. The van der Waals surface area contributed by atoms with Gasteiger partial charge in [-0.2, -0.15) is 23.5 Å². The fraction of sp³-hybridized carbons (Fsp3) is 0.750. The van der Waals surface area contributed by atoms with E-state index in [2.05, 4.69) is 0 Å². The van der Waals surface area contributed by atoms with E-state index in [1.807, 2.05) is 0 Å². The predicted octanol–water partition coefficient (Wildman–Crippen LogP) is -3.15. The molecule has 105 valence electrons. The van der Waals surface area contributed by atoms with Gasteiger partial charge in [0.2, 0.25) is 0 Å². The topological polar surface area (TPSA) is 132 Å². The van der Waals surface area contributed by atoms with Gasteiger partial charge in [-0.1, -0.05) is 0 Å². The van der Waals surface area contributed by atoms with E-state index < -0.39 is 24.0 Å². The number of carboxylic acid groups (broad SMARTS) is 2. The summed E-state index contributed by atoms with van der Waals surface area (Å²) < 4.78 is 0. The van der Waals surface area contributed by atoms with Gasteiger partial charge in [0, 0.05) is 11.5 Å². The van der Waals surface area contributed by atoms with Gasteiger partial charge in [-0.25, -0.2) is 0 Å². The standard InChI is InChI=1S/2C4H9NO2S.Cu/c2*1-8-2-3(5)4(6)7;/h2*3H,2,5H2,1H3,(H,6,7);/q;;+2/p-2/t2*3-;/m00./s1. The molecule has 0 saturated heterocycles. The zero-order valence-electron chi connectivity index (χ0n) is 9.47. The number of carbonyl (C=O) groups excluding carboxylic acids is 2. The molecule has 0 amide bonds. The number of carboxylic acids is 2. The number of carbonyl (C=O) groups is 2. The molecule has 1 radical (unpaired) electrons. The second kappa shape index (κ2) is 14.1. The van der Waals surface area contributed by atoms with Gasteiger partial charge in [0.25, 0.3) is 0 Å². The Morgan fingerprint density at radius 1 is 1.00 bits per heavy atom. The Morgan fingerprint density at radius 3 is 1.29 bits per heavy atom. The molecule has 0 spiro atoms. The van der Waals surface area contributed by atoms with Gasteiger partial charge in [-0.05, 0) is 12.5 Å². The summed E-state index contributed by atoms with van der Waals surface area (Å²) >= 11 is 2.78. The van der Waals surface area contributed by atoms with Crippen LogP contribution < -0.4 is 21.7 Å². The Hall–Kier alpha value is 0.0795. The fourth-order valence-corrected chi connectivity index (χ4v) is 1.49. The van der Waals surface area contributed by atoms with Crippen molar-refractivity contribution in [3.8, 4) is 0 Å². The van der Waals surface area contributed by atoms with E-state index in [-0.39, 0.29) is 17.1 Å². The Kier molecular flexibility index (Phi) is 18.5. The molecule has 0 aromatic heterocycles. The molecular weight excluding hydrogens is 316 g/mol. The molecule has 6 nitrogen and oxygen atoms in total. The minimum absolute atomic E-state index is 0. The maximum atomic E-state index is 9.84. The van der Waals surface area contributed by atoms with E-state index in [0.717, 1.165) is 0 Å². The van der Waals surface area contributed by atoms with Crippen molar-refractivity contribution in [2.45, 2.75) is 12.1 Å². The number of nitrogens with two attached hydrogens (primary N) is 2. The summed E-state index contributed by atoms with van der Waals surface area (Å²) in [6.07, 6.45) is 3.59. The van der Waals surface area contributed by atoms with Crippen molar-refractivity contribution in [2.24, 2.45) is 11.5 Å². The first-order valence-corrected chi connectivity index (χ1v) is 7.06. The van der Waals surface area contributed by atoms with Crippen molar-refractivity contribution in [3.63, 3.8) is 0 Å². The Balaban J connectivity index is -0.000000218. The summed E-state index contributed by atoms with van der Waals surface area (Å²) in [7, 11) is 0. The first-order valence-electron chi connectivity index (χ1n) is 4.27. The van der Waals surface area contributed by atoms with Crippen LogP contribution in [0.1, 0.15) is 0 Å². The van der Waals surface area contributed by atoms with Crippen LogP contribution in [0.15, 0.2) is 0 Å². The van der Waals surface area contributed by atoms with Gasteiger partial charge in [-0.15, -0.1) is 0 Å². The molecule has 17 heavy (non-hydrogen) atoms. The molecule has 4 N–H and O–H groups in total. The van der Waals surface area contributed by atoms with Gasteiger partial charge >= 0.3 is 17.1 Å². The van der Waals surface area contributed by atoms with E-state index in [9.17, 15) is 19.8 Å². The van der Waals surface area contributed by atoms with Crippen LogP contribution in [0.25, 0.3) is 0 Å². The summed E-state index contributed by atoms with van der Waals surface area (Å²) in [6.45, 7) is 0. The van der Waals surface area contributed by atoms with E-state index in [4.69, 9.17) is 11.5 Å². The Morgan fingerprint density at radius 2 is 1.24 bits per heavy atom. The van der Waals surface area contributed by atoms with Crippen LogP contribution >= 0.6 is 23.5 Å². The van der Waals surface area contributed by atoms with Crippen LogP contribution in [0.2, 0.25) is 0 Å². The van der Waals surface area contributed by atoms with Crippen molar-refractivity contribution in [3.05, 3.63) is 0 Å². The summed E-state index contributed by atoms with van der Waals surface area (Å²) in [5, 5.41) is 19.7. The molecule has 0 aliphatic carbocycles. The van der Waals surface area contributed by atoms with Crippen LogP contribution in [0.5, 0.6) is 0 Å². The third-order valence-electron chi connectivity index (χ3n) is 1.30. The second-order valence-electron chi connectivity index (χ2n) is 2.76. The molecule has 0 rings (SSSR count). The average Bonchev–Trinajstić information content (AvgIpc) is 2.19. The Labute approximate surface area is 120 Å². The minimum atomic E-state index is -1.18. The van der Waals surface area contributed by atoms with Crippen LogP contribution in [0.4, 0.5) is 0 Å². The molecule has 0 heterocycles. The van der Waals surface area contributed by atoms with Crippen molar-refractivity contribution < 1.29 is 36.9 Å². The van der Waals surface area contributed by atoms with Gasteiger partial charge in [0.1, 0.15) is 0 Å². The van der Waals surface area contributed by atoms with Crippen LogP contribution in [-0.2, 0) is 26.7 Å². The summed E-state index contributed by atoms with van der Waals surface area (Å²) in [5.41, 5.74) is 10.1. The molecule has 0 aromatic rings. The molecule has 0 saturated carbocycles. The number of rotatable bonds is 6. The predicted molar refractivity (Wildman–Crippen MR) is 62.7 cm³/mol. The molecule has 0 unspecified atom stereocenters. The second-order valence-corrected chi connectivity index (χ2v) is 4.58. The largest absolute Gasteiger partial charge is 2.00 e. The quantitative estimate of drug-likeness (QED) is 0.488. The van der Waals surface area contributed by atoms with Gasteiger partial charge in [-0.3, -0.25) is 0 Å². The number of aliphatic carboxylic acids is 2. The zero-order chi connectivity index (χ0) is 13.1. The maximum Gasteiger partial charge on any atom is 2.00 e. The van der Waals surface area contributed by atoms with Crippen LogP contribution in [0, 0.1) is 0 Å². The molecule has 0 aliphatic rings. The van der Waals surface area contributed by atoms with E-state index in [1.165, 1.54) is 23.5 Å². The van der Waals surface area contributed by atoms with E-state index >= 15 is 0 Å². The molecule has 0 fully saturated rings. The minimum Gasteiger partial charge on any atom is -0.548 e. The van der Waals surface area contributed by atoms with Crippen molar-refractivity contribution in [2.75, 3.05) is 24.0 Å². The van der Waals surface area contributed by atoms with Crippen LogP contribution in [0.3, 0.4) is 0 Å². The summed E-state index contributed by atoms with van der Waals surface area (Å²) in [6, 6.07) is -1.63. The molecule has 0 aromatic carbocycles. The third kappa shape index (κ3) is 16.1. The number of thioether (sulfide) groups is 2. The van der Waals surface area contributed by atoms with Gasteiger partial charge < -0.3 is 31.3 Å². The molecule has 2 atom stereocenters. The smallest absolute Gasteiger partial charge is 0.548 e. The first-order chi connectivity index (χ1) is 7.36. The van der Waals surface area contributed by atoms with E-state index in [1.54, 1.807) is 12.5 Å². The maximum absolute atomic E-state index is 9.84. The molecular formula is C8H16CuN2O4S2. The summed E-state index contributed by atoms with van der Waals surface area (Å²) in [4.78, 5) is 19.7. The zero-order valence-corrected chi connectivity index (χ0v) is 12.0. The normalized spacial score (nSPS) is 12.5. The van der Waals surface area contributed by atoms with E-state index in [0.29, 0.717) is 11.5 Å². The fourth-order valence-electron chi connectivity index (χ4n) is 0.495.